The summed E-state index contributed by atoms with van der Waals surface area (Å²) >= 11 is 0. The summed E-state index contributed by atoms with van der Waals surface area (Å²) in [6.45, 7) is 3.58. The highest BCUT2D eigenvalue weighted by molar-refractivity contribution is 5.80. The van der Waals surface area contributed by atoms with Gasteiger partial charge in [-0.3, -0.25) is 4.79 Å². The molecule has 1 aliphatic carbocycles. The first kappa shape index (κ1) is 14.3. The summed E-state index contributed by atoms with van der Waals surface area (Å²) in [6.07, 6.45) is 5.15. The van der Waals surface area contributed by atoms with Gasteiger partial charge in [0, 0.05) is 5.69 Å². The molecule has 110 valence electrons. The molecule has 1 heterocycles. The molecule has 1 aromatic carbocycles. The number of aryl methyl sites for hydroxylation is 4. The fourth-order valence-corrected chi connectivity index (χ4v) is 2.96. The van der Waals surface area contributed by atoms with E-state index in [4.69, 9.17) is 5.26 Å². The number of nitrogens with zero attached hydrogens (tertiary/aromatic N) is 3. The van der Waals surface area contributed by atoms with Crippen molar-refractivity contribution in [1.29, 1.82) is 5.26 Å². The highest BCUT2D eigenvalue weighted by Crippen LogP contribution is 2.22. The molecular weight excluding hydrogens is 274 g/mol. The third kappa shape index (κ3) is 2.46. The fraction of sp³-hybridized carbons (Fsp3) is 0.278. The largest absolute Gasteiger partial charge is 0.289 e. The zero-order chi connectivity index (χ0) is 15.7. The molecule has 4 nitrogen and oxygen atoms in total. The van der Waals surface area contributed by atoms with Crippen molar-refractivity contribution in [3.63, 3.8) is 0 Å². The molecule has 0 amide bonds. The quantitative estimate of drug-likeness (QED) is 0.799. The lowest BCUT2D eigenvalue weighted by Gasteiger charge is -2.06. The highest BCUT2D eigenvalue weighted by Gasteiger charge is 2.11. The maximum absolute atomic E-state index is 12.3. The van der Waals surface area contributed by atoms with Gasteiger partial charge in [0.2, 0.25) is 0 Å². The first-order valence-electron chi connectivity index (χ1n) is 7.39. The standard InChI is InChI=1S/C18H17N3O/c1-12-8-13(2)21(18(22)17(12)10-19)20-11-14-6-7-15-4-3-5-16(15)9-14/h6-9,11H,3-5H2,1-2H3/b20-11+. The molecule has 0 atom stereocenters. The van der Waals surface area contributed by atoms with Crippen LogP contribution in [-0.2, 0) is 12.8 Å². The Morgan fingerprint density at radius 3 is 2.77 bits per heavy atom. The van der Waals surface area contributed by atoms with Gasteiger partial charge < -0.3 is 0 Å². The van der Waals surface area contributed by atoms with E-state index in [1.807, 2.05) is 19.1 Å². The summed E-state index contributed by atoms with van der Waals surface area (Å²) < 4.78 is 1.29. The number of aromatic nitrogens is 1. The second-order valence-electron chi connectivity index (χ2n) is 5.70. The Morgan fingerprint density at radius 1 is 1.23 bits per heavy atom. The third-order valence-electron chi connectivity index (χ3n) is 4.12. The van der Waals surface area contributed by atoms with E-state index in [0.29, 0.717) is 5.56 Å². The van der Waals surface area contributed by atoms with E-state index < -0.39 is 0 Å². The average molecular weight is 291 g/mol. The van der Waals surface area contributed by atoms with Crippen LogP contribution in [0.2, 0.25) is 0 Å². The zero-order valence-corrected chi connectivity index (χ0v) is 12.8. The van der Waals surface area contributed by atoms with Crippen LogP contribution in [0, 0.1) is 25.2 Å². The van der Waals surface area contributed by atoms with Crippen molar-refractivity contribution in [2.24, 2.45) is 5.10 Å². The molecule has 1 aromatic heterocycles. The molecule has 1 aliphatic rings. The first-order valence-corrected chi connectivity index (χ1v) is 7.39. The Morgan fingerprint density at radius 2 is 2.00 bits per heavy atom. The van der Waals surface area contributed by atoms with Crippen LogP contribution in [0.15, 0.2) is 34.2 Å². The molecular formula is C18H17N3O. The lowest BCUT2D eigenvalue weighted by atomic mass is 10.1. The van der Waals surface area contributed by atoms with Crippen LogP contribution in [0.3, 0.4) is 0 Å². The minimum Gasteiger partial charge on any atom is -0.266 e. The van der Waals surface area contributed by atoms with Crippen molar-refractivity contribution >= 4 is 6.21 Å². The van der Waals surface area contributed by atoms with E-state index in [2.05, 4.69) is 17.2 Å². The second kappa shape index (κ2) is 5.61. The molecule has 4 heteroatoms. The molecule has 0 aliphatic heterocycles. The maximum atomic E-state index is 12.3. The monoisotopic (exact) mass is 291 g/mol. The number of rotatable bonds is 2. The number of hydrogen-bond donors (Lipinski definition) is 0. The van der Waals surface area contributed by atoms with Crippen LogP contribution in [0.25, 0.3) is 0 Å². The first-order chi connectivity index (χ1) is 10.6. The van der Waals surface area contributed by atoms with Gasteiger partial charge in [-0.1, -0.05) is 12.1 Å². The van der Waals surface area contributed by atoms with Crippen LogP contribution in [0.4, 0.5) is 0 Å². The summed E-state index contributed by atoms with van der Waals surface area (Å²) in [5.74, 6) is 0. The van der Waals surface area contributed by atoms with Gasteiger partial charge >= 0.3 is 0 Å². The maximum Gasteiger partial charge on any atom is 0.289 e. The average Bonchev–Trinajstić information content (AvgIpc) is 2.94. The van der Waals surface area contributed by atoms with Gasteiger partial charge in [-0.2, -0.15) is 10.4 Å². The number of nitriles is 1. The molecule has 0 bridgehead atoms. The number of benzene rings is 1. The Hall–Kier alpha value is -2.67. The number of hydrogen-bond acceptors (Lipinski definition) is 3. The Balaban J connectivity index is 2.00. The topological polar surface area (TPSA) is 58.1 Å². The SMILES string of the molecule is Cc1cc(C)n(/N=C/c2ccc3c(c2)CCC3)c(=O)c1C#N. The van der Waals surface area contributed by atoms with Crippen molar-refractivity contribution in [2.45, 2.75) is 33.1 Å². The minimum atomic E-state index is -0.364. The normalized spacial score (nSPS) is 13.3. The van der Waals surface area contributed by atoms with Crippen LogP contribution in [0.1, 0.15) is 39.9 Å². The Bertz CT molecular complexity index is 869. The van der Waals surface area contributed by atoms with E-state index >= 15 is 0 Å². The van der Waals surface area contributed by atoms with Gasteiger partial charge in [-0.25, -0.2) is 4.68 Å². The molecule has 0 unspecified atom stereocenters. The van der Waals surface area contributed by atoms with E-state index in [9.17, 15) is 4.79 Å². The van der Waals surface area contributed by atoms with E-state index in [1.165, 1.54) is 22.2 Å². The van der Waals surface area contributed by atoms with Crippen LogP contribution in [0.5, 0.6) is 0 Å². The van der Waals surface area contributed by atoms with Gasteiger partial charge in [0.15, 0.2) is 0 Å². The number of pyridine rings is 1. The van der Waals surface area contributed by atoms with Crippen LogP contribution >= 0.6 is 0 Å². The third-order valence-corrected chi connectivity index (χ3v) is 4.12. The predicted molar refractivity (Wildman–Crippen MR) is 86.4 cm³/mol. The molecule has 0 radical (unpaired) electrons. The molecule has 2 aromatic rings. The fourth-order valence-electron chi connectivity index (χ4n) is 2.96. The van der Waals surface area contributed by atoms with E-state index in [-0.39, 0.29) is 11.1 Å². The second-order valence-corrected chi connectivity index (χ2v) is 5.70. The van der Waals surface area contributed by atoms with Gasteiger partial charge in [-0.15, -0.1) is 0 Å². The summed E-state index contributed by atoms with van der Waals surface area (Å²) in [7, 11) is 0. The molecule has 3 rings (SSSR count). The van der Waals surface area contributed by atoms with Gasteiger partial charge in [-0.05, 0) is 67.5 Å². The molecule has 0 saturated carbocycles. The van der Waals surface area contributed by atoms with Gasteiger partial charge in [0.1, 0.15) is 11.6 Å². The molecule has 0 saturated heterocycles. The Kier molecular flexibility index (Phi) is 3.64. The van der Waals surface area contributed by atoms with Gasteiger partial charge in [0.05, 0.1) is 6.21 Å². The summed E-state index contributed by atoms with van der Waals surface area (Å²) in [5, 5.41) is 13.4. The molecule has 0 fully saturated rings. The van der Waals surface area contributed by atoms with Crippen molar-refractivity contribution in [3.05, 3.63) is 68.1 Å². The smallest absolute Gasteiger partial charge is 0.266 e. The Labute approximate surface area is 129 Å². The lowest BCUT2D eigenvalue weighted by molar-refractivity contribution is 0.786. The zero-order valence-electron chi connectivity index (χ0n) is 12.8. The summed E-state index contributed by atoms with van der Waals surface area (Å²) in [6, 6.07) is 10.0. The molecule has 0 N–H and O–H groups in total. The van der Waals surface area contributed by atoms with E-state index in [0.717, 1.165) is 24.1 Å². The van der Waals surface area contributed by atoms with Crippen molar-refractivity contribution in [3.8, 4) is 6.07 Å². The van der Waals surface area contributed by atoms with Crippen molar-refractivity contribution < 1.29 is 0 Å². The van der Waals surface area contributed by atoms with Crippen LogP contribution < -0.4 is 5.56 Å². The van der Waals surface area contributed by atoms with Crippen LogP contribution in [-0.4, -0.2) is 10.9 Å². The van der Waals surface area contributed by atoms with Crippen molar-refractivity contribution in [1.82, 2.24) is 4.68 Å². The summed E-state index contributed by atoms with van der Waals surface area (Å²) in [4.78, 5) is 12.3. The van der Waals surface area contributed by atoms with Gasteiger partial charge in [0.25, 0.3) is 5.56 Å². The summed E-state index contributed by atoms with van der Waals surface area (Å²) in [5.41, 5.74) is 4.95. The number of fused-ring (bicyclic) bond motifs is 1. The van der Waals surface area contributed by atoms with Crippen molar-refractivity contribution in [2.75, 3.05) is 0 Å². The highest BCUT2D eigenvalue weighted by atomic mass is 16.1. The van der Waals surface area contributed by atoms with E-state index in [1.54, 1.807) is 19.2 Å². The molecule has 22 heavy (non-hydrogen) atoms. The molecule has 0 spiro atoms. The lowest BCUT2D eigenvalue weighted by Crippen LogP contribution is -2.22. The minimum absolute atomic E-state index is 0.150. The predicted octanol–water partition coefficient (Wildman–Crippen LogP) is 2.71.